The van der Waals surface area contributed by atoms with E-state index in [9.17, 15) is 13.2 Å². The summed E-state index contributed by atoms with van der Waals surface area (Å²) in [6.45, 7) is 1.88. The van der Waals surface area contributed by atoms with Crippen LogP contribution in [0, 0.1) is 0 Å². The standard InChI is InChI=1S/C16H22ClN5O4S/c1-20(2)3-4-22-10-16-9-21(15(23)14-18-6-11(17)7-19-14)8-12(26-16)5-13(16)27(22,24)25/h6-7,12-13H,3-5,8-10H2,1-2H3/t12-,13+,16+/m1/s1. The third-order valence-electron chi connectivity index (χ3n) is 5.41. The molecule has 9 nitrogen and oxygen atoms in total. The highest BCUT2D eigenvalue weighted by atomic mass is 35.5. The zero-order valence-electron chi connectivity index (χ0n) is 15.2. The minimum atomic E-state index is -3.45. The highest BCUT2D eigenvalue weighted by Crippen LogP contribution is 2.46. The van der Waals surface area contributed by atoms with E-state index in [1.54, 1.807) is 4.90 Å². The molecule has 3 fully saturated rings. The Morgan fingerprint density at radius 3 is 2.74 bits per heavy atom. The Kier molecular flexibility index (Phi) is 4.66. The molecule has 1 amide bonds. The number of hydrogen-bond donors (Lipinski definition) is 0. The molecule has 1 spiro atoms. The van der Waals surface area contributed by atoms with Gasteiger partial charge in [0, 0.05) is 38.6 Å². The quantitative estimate of drug-likeness (QED) is 0.665. The molecule has 3 aliphatic heterocycles. The first kappa shape index (κ1) is 19.0. The average Bonchev–Trinajstić information content (AvgIpc) is 2.98. The van der Waals surface area contributed by atoms with E-state index in [1.165, 1.54) is 16.7 Å². The van der Waals surface area contributed by atoms with E-state index in [0.717, 1.165) is 0 Å². The Bertz CT molecular complexity index is 849. The molecule has 1 aromatic rings. The molecule has 0 N–H and O–H groups in total. The minimum Gasteiger partial charge on any atom is -0.365 e. The van der Waals surface area contributed by atoms with Crippen molar-refractivity contribution in [2.24, 2.45) is 0 Å². The lowest BCUT2D eigenvalue weighted by Crippen LogP contribution is -2.56. The molecule has 0 radical (unpaired) electrons. The Morgan fingerprint density at radius 2 is 2.07 bits per heavy atom. The molecular weight excluding hydrogens is 394 g/mol. The van der Waals surface area contributed by atoms with Crippen molar-refractivity contribution in [2.75, 3.05) is 46.8 Å². The monoisotopic (exact) mass is 415 g/mol. The van der Waals surface area contributed by atoms with Crippen molar-refractivity contribution in [1.82, 2.24) is 24.1 Å². The van der Waals surface area contributed by atoms with E-state index in [-0.39, 0.29) is 30.9 Å². The number of sulfonamides is 1. The van der Waals surface area contributed by atoms with Crippen LogP contribution in [0.4, 0.5) is 0 Å². The molecule has 1 aromatic heterocycles. The molecule has 3 saturated heterocycles. The summed E-state index contributed by atoms with van der Waals surface area (Å²) < 4.78 is 33.6. The van der Waals surface area contributed by atoms with Crippen molar-refractivity contribution in [3.05, 3.63) is 23.2 Å². The Morgan fingerprint density at radius 1 is 1.37 bits per heavy atom. The van der Waals surface area contributed by atoms with Crippen molar-refractivity contribution >= 4 is 27.5 Å². The number of ether oxygens (including phenoxy) is 1. The van der Waals surface area contributed by atoms with Gasteiger partial charge in [0.25, 0.3) is 5.91 Å². The molecule has 148 valence electrons. The van der Waals surface area contributed by atoms with Gasteiger partial charge >= 0.3 is 0 Å². The molecular formula is C16H22ClN5O4S. The van der Waals surface area contributed by atoms with Gasteiger partial charge in [-0.25, -0.2) is 18.4 Å². The number of likely N-dealkylation sites (tertiary alicyclic amines) is 1. The van der Waals surface area contributed by atoms with Gasteiger partial charge in [0.1, 0.15) is 10.9 Å². The smallest absolute Gasteiger partial charge is 0.291 e. The second-order valence-corrected chi connectivity index (χ2v) is 10.2. The van der Waals surface area contributed by atoms with E-state index in [4.69, 9.17) is 16.3 Å². The molecule has 0 unspecified atom stereocenters. The van der Waals surface area contributed by atoms with Crippen LogP contribution in [-0.2, 0) is 14.8 Å². The summed E-state index contributed by atoms with van der Waals surface area (Å²) in [5, 5.41) is -0.258. The third-order valence-corrected chi connectivity index (χ3v) is 7.97. The van der Waals surface area contributed by atoms with Crippen molar-refractivity contribution in [2.45, 2.75) is 23.4 Å². The van der Waals surface area contributed by atoms with Gasteiger partial charge in [0.15, 0.2) is 0 Å². The largest absolute Gasteiger partial charge is 0.365 e. The van der Waals surface area contributed by atoms with Gasteiger partial charge in [-0.15, -0.1) is 0 Å². The van der Waals surface area contributed by atoms with Gasteiger partial charge < -0.3 is 14.5 Å². The second kappa shape index (κ2) is 6.63. The molecule has 4 rings (SSSR count). The molecule has 3 atom stereocenters. The first-order valence-electron chi connectivity index (χ1n) is 8.80. The summed E-state index contributed by atoms with van der Waals surface area (Å²) in [5.41, 5.74) is -0.879. The predicted octanol–water partition coefficient (Wildman–Crippen LogP) is -0.311. The number of halogens is 1. The van der Waals surface area contributed by atoms with Crippen LogP contribution in [0.2, 0.25) is 5.02 Å². The third kappa shape index (κ3) is 3.23. The van der Waals surface area contributed by atoms with Gasteiger partial charge in [-0.2, -0.15) is 4.31 Å². The summed E-state index contributed by atoms with van der Waals surface area (Å²) in [6.07, 6.45) is 2.87. The predicted molar refractivity (Wildman–Crippen MR) is 98.0 cm³/mol. The molecule has 4 heterocycles. The lowest BCUT2D eigenvalue weighted by atomic mass is 9.99. The molecule has 2 bridgehead atoms. The molecule has 3 aliphatic rings. The van der Waals surface area contributed by atoms with Crippen LogP contribution in [-0.4, -0.2) is 102 Å². The number of fused-ring (bicyclic) bond motifs is 1. The van der Waals surface area contributed by atoms with Crippen LogP contribution in [0.25, 0.3) is 0 Å². The van der Waals surface area contributed by atoms with Crippen LogP contribution in [0.1, 0.15) is 17.0 Å². The summed E-state index contributed by atoms with van der Waals surface area (Å²) in [7, 11) is 0.360. The van der Waals surface area contributed by atoms with Gasteiger partial charge in [0.2, 0.25) is 15.8 Å². The van der Waals surface area contributed by atoms with Crippen molar-refractivity contribution in [3.8, 4) is 0 Å². The lowest BCUT2D eigenvalue weighted by Gasteiger charge is -2.39. The highest BCUT2D eigenvalue weighted by Gasteiger charge is 2.65. The second-order valence-electron chi connectivity index (χ2n) is 7.62. The van der Waals surface area contributed by atoms with Gasteiger partial charge in [-0.1, -0.05) is 11.6 Å². The molecule has 11 heteroatoms. The molecule has 27 heavy (non-hydrogen) atoms. The summed E-state index contributed by atoms with van der Waals surface area (Å²) in [5.74, 6) is -0.275. The van der Waals surface area contributed by atoms with Crippen LogP contribution < -0.4 is 0 Å². The Hall–Kier alpha value is -1.33. The summed E-state index contributed by atoms with van der Waals surface area (Å²) >= 11 is 5.78. The van der Waals surface area contributed by atoms with Crippen LogP contribution >= 0.6 is 11.6 Å². The van der Waals surface area contributed by atoms with Crippen molar-refractivity contribution in [1.29, 1.82) is 0 Å². The molecule has 0 saturated carbocycles. The first-order chi connectivity index (χ1) is 12.7. The van der Waals surface area contributed by atoms with E-state index in [2.05, 4.69) is 9.97 Å². The topological polar surface area (TPSA) is 95.9 Å². The Labute approximate surface area is 163 Å². The summed E-state index contributed by atoms with van der Waals surface area (Å²) in [4.78, 5) is 24.3. The number of carbonyl (C=O) groups excluding carboxylic acids is 1. The van der Waals surface area contributed by atoms with Gasteiger partial charge in [-0.3, -0.25) is 4.79 Å². The maximum absolute atomic E-state index is 13.0. The number of likely N-dealkylation sites (N-methyl/N-ethyl adjacent to an activating group) is 1. The number of carbonyl (C=O) groups is 1. The zero-order valence-corrected chi connectivity index (χ0v) is 16.8. The maximum Gasteiger partial charge on any atom is 0.291 e. The number of amides is 1. The van der Waals surface area contributed by atoms with Crippen LogP contribution in [0.3, 0.4) is 0 Å². The molecule has 0 aliphatic carbocycles. The number of aromatic nitrogens is 2. The summed E-state index contributed by atoms with van der Waals surface area (Å²) in [6, 6.07) is 0. The zero-order chi connectivity index (χ0) is 19.4. The van der Waals surface area contributed by atoms with E-state index in [1.807, 2.05) is 19.0 Å². The maximum atomic E-state index is 13.0. The number of nitrogens with zero attached hydrogens (tertiary/aromatic N) is 5. The minimum absolute atomic E-state index is 0.0546. The van der Waals surface area contributed by atoms with Gasteiger partial charge in [0.05, 0.1) is 17.7 Å². The van der Waals surface area contributed by atoms with Crippen LogP contribution in [0.5, 0.6) is 0 Å². The normalized spacial score (nSPS) is 32.1. The SMILES string of the molecule is CN(C)CCN1C[C@@]23CN(C(=O)c4ncc(Cl)cn4)C[C@@H](C[C@@H]2S1(=O)=O)O3. The van der Waals surface area contributed by atoms with Crippen molar-refractivity contribution in [3.63, 3.8) is 0 Å². The average molecular weight is 416 g/mol. The van der Waals surface area contributed by atoms with E-state index >= 15 is 0 Å². The van der Waals surface area contributed by atoms with Crippen molar-refractivity contribution < 1.29 is 17.9 Å². The van der Waals surface area contributed by atoms with Crippen LogP contribution in [0.15, 0.2) is 12.4 Å². The van der Waals surface area contributed by atoms with Gasteiger partial charge in [-0.05, 0) is 20.5 Å². The lowest BCUT2D eigenvalue weighted by molar-refractivity contribution is -0.0979. The van der Waals surface area contributed by atoms with E-state index in [0.29, 0.717) is 31.1 Å². The highest BCUT2D eigenvalue weighted by molar-refractivity contribution is 7.90. The number of morpholine rings is 1. The Balaban J connectivity index is 1.56. The fourth-order valence-electron chi connectivity index (χ4n) is 4.18. The first-order valence-corrected chi connectivity index (χ1v) is 10.7. The fraction of sp³-hybridized carbons (Fsp3) is 0.688. The van der Waals surface area contributed by atoms with E-state index < -0.39 is 20.9 Å². The molecule has 0 aromatic carbocycles. The number of hydrogen-bond acceptors (Lipinski definition) is 7. The number of rotatable bonds is 4. The fourth-order valence-corrected chi connectivity index (χ4v) is 6.58.